The van der Waals surface area contributed by atoms with E-state index < -0.39 is 0 Å². The Bertz CT molecular complexity index is 160. The fourth-order valence-corrected chi connectivity index (χ4v) is 1.46. The molecule has 1 amide bonds. The van der Waals surface area contributed by atoms with Crippen molar-refractivity contribution in [3.63, 3.8) is 0 Å². The molecule has 1 saturated heterocycles. The average Bonchev–Trinajstić information content (AvgIpc) is 2.05. The lowest BCUT2D eigenvalue weighted by Crippen LogP contribution is -2.51. The largest absolute Gasteiger partial charge is 0.354 e. The summed E-state index contributed by atoms with van der Waals surface area (Å²) < 4.78 is 0. The maximum atomic E-state index is 11.0. The lowest BCUT2D eigenvalue weighted by molar-refractivity contribution is -0.124. The molecule has 1 atom stereocenters. The van der Waals surface area contributed by atoms with Gasteiger partial charge in [0.1, 0.15) is 0 Å². The Morgan fingerprint density at radius 2 is 2.50 bits per heavy atom. The van der Waals surface area contributed by atoms with Crippen molar-refractivity contribution in [1.29, 1.82) is 0 Å². The van der Waals surface area contributed by atoms with Gasteiger partial charge in [0.05, 0.1) is 6.54 Å². The van der Waals surface area contributed by atoms with Gasteiger partial charge in [-0.3, -0.25) is 9.69 Å². The van der Waals surface area contributed by atoms with E-state index in [0.29, 0.717) is 19.1 Å². The summed E-state index contributed by atoms with van der Waals surface area (Å²) in [6.45, 7) is 5.06. The fourth-order valence-electron chi connectivity index (χ4n) is 1.46. The number of carbonyl (C=O) groups is 1. The second-order valence-corrected chi connectivity index (χ2v) is 3.25. The highest BCUT2D eigenvalue weighted by Crippen LogP contribution is 2.03. The quantitative estimate of drug-likeness (QED) is 0.582. The Labute approximate surface area is 73.1 Å². The van der Waals surface area contributed by atoms with Crippen LogP contribution in [0.3, 0.4) is 0 Å². The average molecular weight is 171 g/mol. The van der Waals surface area contributed by atoms with Crippen molar-refractivity contribution in [2.45, 2.75) is 19.4 Å². The predicted molar refractivity (Wildman–Crippen MR) is 47.7 cm³/mol. The highest BCUT2D eigenvalue weighted by atomic mass is 16.2. The van der Waals surface area contributed by atoms with E-state index in [4.69, 9.17) is 5.73 Å². The number of piperazine rings is 1. The maximum absolute atomic E-state index is 11.0. The van der Waals surface area contributed by atoms with E-state index in [1.54, 1.807) is 0 Å². The normalized spacial score (nSPS) is 22.0. The topological polar surface area (TPSA) is 58.4 Å². The minimum Gasteiger partial charge on any atom is -0.354 e. The number of hydrogen-bond acceptors (Lipinski definition) is 3. The maximum Gasteiger partial charge on any atom is 0.234 e. The minimum atomic E-state index is 0.130. The molecule has 1 aliphatic heterocycles. The number of hydrogen-bond donors (Lipinski definition) is 2. The minimum absolute atomic E-state index is 0.130. The first-order valence-corrected chi connectivity index (χ1v) is 4.45. The standard InChI is InChI=1S/C8H17N3O/c1-7(2-3-9)11-5-4-10-8(12)6-11/h7H,2-6,9H2,1H3,(H,10,12). The molecule has 0 radical (unpaired) electrons. The van der Waals surface area contributed by atoms with Crippen molar-refractivity contribution >= 4 is 5.91 Å². The Morgan fingerprint density at radius 1 is 1.75 bits per heavy atom. The molecule has 1 aliphatic rings. The number of nitrogens with zero attached hydrogens (tertiary/aromatic N) is 1. The second kappa shape index (κ2) is 4.42. The Kier molecular flexibility index (Phi) is 3.49. The Hall–Kier alpha value is -0.610. The van der Waals surface area contributed by atoms with E-state index in [9.17, 15) is 4.79 Å². The van der Waals surface area contributed by atoms with Crippen LogP contribution in [0.5, 0.6) is 0 Å². The summed E-state index contributed by atoms with van der Waals surface area (Å²) in [4.78, 5) is 13.2. The molecule has 4 nitrogen and oxygen atoms in total. The molecule has 0 aromatic rings. The van der Waals surface area contributed by atoms with Crippen molar-refractivity contribution in [3.05, 3.63) is 0 Å². The van der Waals surface area contributed by atoms with Gasteiger partial charge < -0.3 is 11.1 Å². The van der Waals surface area contributed by atoms with Gasteiger partial charge in [0.25, 0.3) is 0 Å². The molecule has 70 valence electrons. The van der Waals surface area contributed by atoms with Crippen molar-refractivity contribution in [3.8, 4) is 0 Å². The molecule has 1 unspecified atom stereocenters. The van der Waals surface area contributed by atoms with Gasteiger partial charge in [-0.1, -0.05) is 0 Å². The van der Waals surface area contributed by atoms with Gasteiger partial charge in [0.15, 0.2) is 0 Å². The first-order valence-electron chi connectivity index (χ1n) is 4.45. The molecule has 1 heterocycles. The molecule has 0 aliphatic carbocycles. The zero-order valence-corrected chi connectivity index (χ0v) is 7.55. The molecule has 0 aromatic heterocycles. The van der Waals surface area contributed by atoms with Crippen LogP contribution >= 0.6 is 0 Å². The molecule has 12 heavy (non-hydrogen) atoms. The van der Waals surface area contributed by atoms with Crippen LogP contribution in [0.25, 0.3) is 0 Å². The summed E-state index contributed by atoms with van der Waals surface area (Å²) in [5.74, 6) is 0.130. The van der Waals surface area contributed by atoms with Crippen LogP contribution in [0.4, 0.5) is 0 Å². The highest BCUT2D eigenvalue weighted by molar-refractivity contribution is 5.78. The molecule has 4 heteroatoms. The van der Waals surface area contributed by atoms with E-state index in [0.717, 1.165) is 19.5 Å². The summed E-state index contributed by atoms with van der Waals surface area (Å²) in [5, 5.41) is 2.80. The number of carbonyl (C=O) groups excluding carboxylic acids is 1. The number of amides is 1. The molecule has 0 spiro atoms. The lowest BCUT2D eigenvalue weighted by atomic mass is 10.2. The molecule has 3 N–H and O–H groups in total. The Morgan fingerprint density at radius 3 is 3.08 bits per heavy atom. The summed E-state index contributed by atoms with van der Waals surface area (Å²) in [7, 11) is 0. The van der Waals surface area contributed by atoms with Gasteiger partial charge in [-0.2, -0.15) is 0 Å². The van der Waals surface area contributed by atoms with E-state index in [1.165, 1.54) is 0 Å². The van der Waals surface area contributed by atoms with Crippen LogP contribution in [0.1, 0.15) is 13.3 Å². The van der Waals surface area contributed by atoms with Crippen LogP contribution in [0.15, 0.2) is 0 Å². The smallest absolute Gasteiger partial charge is 0.234 e. The van der Waals surface area contributed by atoms with Crippen LogP contribution in [-0.2, 0) is 4.79 Å². The summed E-state index contributed by atoms with van der Waals surface area (Å²) in [6.07, 6.45) is 0.966. The van der Waals surface area contributed by atoms with Gasteiger partial charge >= 0.3 is 0 Å². The van der Waals surface area contributed by atoms with Crippen molar-refractivity contribution in [2.75, 3.05) is 26.2 Å². The molecular weight excluding hydrogens is 154 g/mol. The summed E-state index contributed by atoms with van der Waals surface area (Å²) >= 11 is 0. The summed E-state index contributed by atoms with van der Waals surface area (Å²) in [5.41, 5.74) is 5.44. The summed E-state index contributed by atoms with van der Waals surface area (Å²) in [6, 6.07) is 0.432. The number of nitrogens with one attached hydrogen (secondary N) is 1. The van der Waals surface area contributed by atoms with Crippen LogP contribution < -0.4 is 11.1 Å². The van der Waals surface area contributed by atoms with Gasteiger partial charge in [0, 0.05) is 19.1 Å². The van der Waals surface area contributed by atoms with Crippen molar-refractivity contribution in [1.82, 2.24) is 10.2 Å². The SMILES string of the molecule is CC(CCN)N1CCNC(=O)C1. The monoisotopic (exact) mass is 171 g/mol. The molecule has 1 fully saturated rings. The predicted octanol–water partition coefficient (Wildman–Crippen LogP) is -0.844. The zero-order chi connectivity index (χ0) is 8.97. The highest BCUT2D eigenvalue weighted by Gasteiger charge is 2.19. The van der Waals surface area contributed by atoms with Crippen LogP contribution in [-0.4, -0.2) is 43.0 Å². The van der Waals surface area contributed by atoms with Crippen LogP contribution in [0, 0.1) is 0 Å². The first-order chi connectivity index (χ1) is 5.74. The molecular formula is C8H17N3O. The third kappa shape index (κ3) is 2.46. The van der Waals surface area contributed by atoms with Crippen molar-refractivity contribution in [2.24, 2.45) is 5.73 Å². The number of nitrogens with two attached hydrogens (primary N) is 1. The Balaban J connectivity index is 2.34. The second-order valence-electron chi connectivity index (χ2n) is 3.25. The van der Waals surface area contributed by atoms with Gasteiger partial charge in [-0.25, -0.2) is 0 Å². The van der Waals surface area contributed by atoms with E-state index in [-0.39, 0.29) is 5.91 Å². The lowest BCUT2D eigenvalue weighted by Gasteiger charge is -2.31. The molecule has 0 bridgehead atoms. The fraction of sp³-hybridized carbons (Fsp3) is 0.875. The molecule has 0 saturated carbocycles. The van der Waals surface area contributed by atoms with Crippen molar-refractivity contribution < 1.29 is 4.79 Å². The third-order valence-electron chi connectivity index (χ3n) is 2.28. The van der Waals surface area contributed by atoms with E-state index in [1.807, 2.05) is 0 Å². The first kappa shape index (κ1) is 9.48. The molecule has 1 rings (SSSR count). The van der Waals surface area contributed by atoms with E-state index >= 15 is 0 Å². The van der Waals surface area contributed by atoms with E-state index in [2.05, 4.69) is 17.1 Å². The van der Waals surface area contributed by atoms with Gasteiger partial charge in [-0.05, 0) is 19.9 Å². The third-order valence-corrected chi connectivity index (χ3v) is 2.28. The van der Waals surface area contributed by atoms with Crippen LogP contribution in [0.2, 0.25) is 0 Å². The zero-order valence-electron chi connectivity index (χ0n) is 7.55. The van der Waals surface area contributed by atoms with Gasteiger partial charge in [-0.15, -0.1) is 0 Å². The number of rotatable bonds is 3. The van der Waals surface area contributed by atoms with Gasteiger partial charge in [0.2, 0.25) is 5.91 Å². The molecule has 0 aromatic carbocycles.